The summed E-state index contributed by atoms with van der Waals surface area (Å²) in [4.78, 5) is 27.0. The number of hydrogen-bond donors (Lipinski definition) is 0. The van der Waals surface area contributed by atoms with Gasteiger partial charge in [0, 0.05) is 44.7 Å². The van der Waals surface area contributed by atoms with Crippen LogP contribution in [-0.2, 0) is 19.6 Å². The SMILES string of the molecule is CCOC(=O)C1CCN(c2nc(C(C)N3CCN(S(=O)(=O)c4ccc(OC)cc4)CC3)nc3ccccc23)CC1. The molecular weight excluding hydrogens is 530 g/mol. The van der Waals surface area contributed by atoms with Gasteiger partial charge in [0.1, 0.15) is 17.4 Å². The van der Waals surface area contributed by atoms with E-state index in [2.05, 4.69) is 16.7 Å². The Bertz CT molecular complexity index is 1430. The van der Waals surface area contributed by atoms with Crippen LogP contribution in [-0.4, -0.2) is 86.5 Å². The molecule has 5 rings (SSSR count). The molecule has 0 aliphatic carbocycles. The molecule has 1 atom stereocenters. The highest BCUT2D eigenvalue weighted by Crippen LogP contribution is 2.31. The Morgan fingerprint density at radius 1 is 0.975 bits per heavy atom. The van der Waals surface area contributed by atoms with E-state index >= 15 is 0 Å². The van der Waals surface area contributed by atoms with E-state index < -0.39 is 10.0 Å². The van der Waals surface area contributed by atoms with E-state index in [0.717, 1.165) is 42.7 Å². The van der Waals surface area contributed by atoms with Crippen molar-refractivity contribution in [3.63, 3.8) is 0 Å². The number of piperidine rings is 1. The zero-order valence-electron chi connectivity index (χ0n) is 23.3. The molecule has 0 spiro atoms. The van der Waals surface area contributed by atoms with Gasteiger partial charge in [-0.2, -0.15) is 4.31 Å². The first-order chi connectivity index (χ1) is 19.3. The van der Waals surface area contributed by atoms with Gasteiger partial charge in [-0.25, -0.2) is 18.4 Å². The number of carbonyl (C=O) groups is 1. The number of nitrogens with zero attached hydrogens (tertiary/aromatic N) is 5. The van der Waals surface area contributed by atoms with Crippen LogP contribution < -0.4 is 9.64 Å². The Balaban J connectivity index is 1.30. The highest BCUT2D eigenvalue weighted by atomic mass is 32.2. The molecular formula is C29H37N5O5S. The van der Waals surface area contributed by atoms with Crippen molar-refractivity contribution in [3.8, 4) is 5.75 Å². The summed E-state index contributed by atoms with van der Waals surface area (Å²) < 4.78 is 38.4. The average Bonchev–Trinajstić information content (AvgIpc) is 3.00. The number of fused-ring (bicyclic) bond motifs is 1. The number of hydrogen-bond acceptors (Lipinski definition) is 9. The molecule has 3 aromatic rings. The number of rotatable bonds is 8. The molecule has 2 saturated heterocycles. The van der Waals surface area contributed by atoms with Crippen molar-refractivity contribution >= 4 is 32.7 Å². The molecule has 0 bridgehead atoms. The molecule has 2 aromatic carbocycles. The summed E-state index contributed by atoms with van der Waals surface area (Å²) in [6.45, 7) is 7.69. The molecule has 0 amide bonds. The molecule has 0 N–H and O–H groups in total. The van der Waals surface area contributed by atoms with Gasteiger partial charge >= 0.3 is 5.97 Å². The summed E-state index contributed by atoms with van der Waals surface area (Å²) in [5.41, 5.74) is 0.877. The average molecular weight is 568 g/mol. The number of methoxy groups -OCH3 is 1. The van der Waals surface area contributed by atoms with Crippen molar-refractivity contribution in [1.82, 2.24) is 19.2 Å². The first kappa shape index (κ1) is 28.3. The minimum atomic E-state index is -3.59. The molecule has 40 heavy (non-hydrogen) atoms. The van der Waals surface area contributed by atoms with Crippen LogP contribution in [0.2, 0.25) is 0 Å². The smallest absolute Gasteiger partial charge is 0.309 e. The zero-order chi connectivity index (χ0) is 28.3. The van der Waals surface area contributed by atoms with Crippen molar-refractivity contribution in [2.45, 2.75) is 37.6 Å². The Hall–Kier alpha value is -3.28. The standard InChI is InChI=1S/C29H37N5O5S/c1-4-39-29(35)22-13-15-33(16-14-22)28-25-7-5-6-8-26(25)30-27(31-28)21(2)32-17-19-34(20-18-32)40(36,37)24-11-9-23(38-3)10-12-24/h5-12,21-22H,4,13-20H2,1-3H3. The molecule has 1 unspecified atom stereocenters. The van der Waals surface area contributed by atoms with E-state index in [0.29, 0.717) is 44.4 Å². The first-order valence-corrected chi connectivity index (χ1v) is 15.3. The third-order valence-corrected chi connectivity index (χ3v) is 9.82. The van der Waals surface area contributed by atoms with Crippen molar-refractivity contribution in [2.75, 3.05) is 57.9 Å². The number of piperazine rings is 1. The minimum Gasteiger partial charge on any atom is -0.497 e. The summed E-state index contributed by atoms with van der Waals surface area (Å²) >= 11 is 0. The largest absolute Gasteiger partial charge is 0.497 e. The fourth-order valence-corrected chi connectivity index (χ4v) is 6.91. The lowest BCUT2D eigenvalue weighted by molar-refractivity contribution is -0.148. The normalized spacial score (nSPS) is 18.5. The Morgan fingerprint density at radius 2 is 1.65 bits per heavy atom. The molecule has 11 heteroatoms. The molecule has 214 valence electrons. The summed E-state index contributed by atoms with van der Waals surface area (Å²) in [5, 5.41) is 0.989. The predicted octanol–water partition coefficient (Wildman–Crippen LogP) is 3.49. The quantitative estimate of drug-likeness (QED) is 0.378. The molecule has 0 radical (unpaired) electrons. The van der Waals surface area contributed by atoms with Crippen molar-refractivity contribution < 1.29 is 22.7 Å². The van der Waals surface area contributed by atoms with E-state index in [1.807, 2.05) is 31.2 Å². The van der Waals surface area contributed by atoms with Gasteiger partial charge in [0.05, 0.1) is 36.1 Å². The number of esters is 1. The summed E-state index contributed by atoms with van der Waals surface area (Å²) in [6.07, 6.45) is 1.46. The lowest BCUT2D eigenvalue weighted by Gasteiger charge is -2.37. The van der Waals surface area contributed by atoms with Crippen LogP contribution >= 0.6 is 0 Å². The maximum atomic E-state index is 13.2. The number of benzene rings is 2. The lowest BCUT2D eigenvalue weighted by atomic mass is 9.97. The van der Waals surface area contributed by atoms with Crippen LogP contribution in [0.5, 0.6) is 5.75 Å². The Kier molecular flexibility index (Phi) is 8.53. The number of sulfonamides is 1. The number of para-hydroxylation sites is 1. The molecule has 3 heterocycles. The minimum absolute atomic E-state index is 0.0758. The van der Waals surface area contributed by atoms with Crippen molar-refractivity contribution in [2.24, 2.45) is 5.92 Å². The molecule has 10 nitrogen and oxygen atoms in total. The topological polar surface area (TPSA) is 105 Å². The van der Waals surface area contributed by atoms with Gasteiger partial charge < -0.3 is 14.4 Å². The van der Waals surface area contributed by atoms with Gasteiger partial charge in [0.25, 0.3) is 0 Å². The number of anilines is 1. The summed E-state index contributed by atoms with van der Waals surface area (Å²) in [7, 11) is -2.03. The lowest BCUT2D eigenvalue weighted by Crippen LogP contribution is -2.49. The molecule has 2 fully saturated rings. The van der Waals surface area contributed by atoms with Crippen LogP contribution in [0.4, 0.5) is 5.82 Å². The van der Waals surface area contributed by atoms with Gasteiger partial charge in [0.2, 0.25) is 10.0 Å². The first-order valence-electron chi connectivity index (χ1n) is 13.9. The molecule has 2 aliphatic heterocycles. The number of aromatic nitrogens is 2. The van der Waals surface area contributed by atoms with Gasteiger partial charge in [0.15, 0.2) is 0 Å². The van der Waals surface area contributed by atoms with E-state index in [1.54, 1.807) is 35.7 Å². The van der Waals surface area contributed by atoms with E-state index in [1.165, 1.54) is 0 Å². The second kappa shape index (κ2) is 12.1. The second-order valence-corrected chi connectivity index (χ2v) is 12.2. The van der Waals surface area contributed by atoms with E-state index in [9.17, 15) is 13.2 Å². The maximum Gasteiger partial charge on any atom is 0.309 e. The van der Waals surface area contributed by atoms with Crippen molar-refractivity contribution in [3.05, 3.63) is 54.4 Å². The zero-order valence-corrected chi connectivity index (χ0v) is 24.1. The summed E-state index contributed by atoms with van der Waals surface area (Å²) in [5.74, 6) is 2.03. The van der Waals surface area contributed by atoms with Crippen molar-refractivity contribution in [1.29, 1.82) is 0 Å². The maximum absolute atomic E-state index is 13.2. The molecule has 2 aliphatic rings. The fraction of sp³-hybridized carbons (Fsp3) is 0.483. The number of carbonyl (C=O) groups excluding carboxylic acids is 1. The molecule has 1 aromatic heterocycles. The third-order valence-electron chi connectivity index (χ3n) is 7.91. The predicted molar refractivity (Wildman–Crippen MR) is 153 cm³/mol. The monoisotopic (exact) mass is 567 g/mol. The van der Waals surface area contributed by atoms with E-state index in [-0.39, 0.29) is 22.8 Å². The van der Waals surface area contributed by atoms with Gasteiger partial charge in [-0.15, -0.1) is 0 Å². The van der Waals surface area contributed by atoms with Crippen LogP contribution in [0.3, 0.4) is 0 Å². The van der Waals surface area contributed by atoms with Crippen LogP contribution in [0.25, 0.3) is 10.9 Å². The Labute approximate surface area is 236 Å². The second-order valence-electron chi connectivity index (χ2n) is 10.2. The van der Waals surface area contributed by atoms with Gasteiger partial charge in [-0.05, 0) is 63.1 Å². The van der Waals surface area contributed by atoms with E-state index in [4.69, 9.17) is 19.4 Å². The highest BCUT2D eigenvalue weighted by molar-refractivity contribution is 7.89. The fourth-order valence-electron chi connectivity index (χ4n) is 5.48. The van der Waals surface area contributed by atoms with Gasteiger partial charge in [-0.1, -0.05) is 12.1 Å². The van der Waals surface area contributed by atoms with Crippen LogP contribution in [0.15, 0.2) is 53.4 Å². The molecule has 0 saturated carbocycles. The third kappa shape index (κ3) is 5.77. The van der Waals surface area contributed by atoms with Crippen LogP contribution in [0, 0.1) is 5.92 Å². The summed E-state index contributed by atoms with van der Waals surface area (Å²) in [6, 6.07) is 14.4. The van der Waals surface area contributed by atoms with Crippen LogP contribution in [0.1, 0.15) is 38.6 Å². The number of ether oxygens (including phenoxy) is 2. The van der Waals surface area contributed by atoms with Gasteiger partial charge in [-0.3, -0.25) is 9.69 Å². The Morgan fingerprint density at radius 3 is 2.30 bits per heavy atom. The highest BCUT2D eigenvalue weighted by Gasteiger charge is 2.32.